The first-order valence-corrected chi connectivity index (χ1v) is 10.0. The van der Waals surface area contributed by atoms with Crippen LogP contribution in [0.1, 0.15) is 11.1 Å². The largest absolute Gasteiger partial charge is 0.454 e. The van der Waals surface area contributed by atoms with Gasteiger partial charge in [0.2, 0.25) is 12.7 Å². The van der Waals surface area contributed by atoms with Gasteiger partial charge in [-0.2, -0.15) is 0 Å². The molecule has 2 aromatic carbocycles. The van der Waals surface area contributed by atoms with Gasteiger partial charge in [-0.15, -0.1) is 0 Å². The molecule has 0 radical (unpaired) electrons. The molecule has 2 aliphatic rings. The molecule has 0 aromatic heterocycles. The number of carbonyl (C=O) groups excluding carboxylic acids is 1. The second kappa shape index (κ2) is 9.24. The maximum absolute atomic E-state index is 12.9. The molecule has 2 heterocycles. The van der Waals surface area contributed by atoms with Gasteiger partial charge >= 0.3 is 0 Å². The summed E-state index contributed by atoms with van der Waals surface area (Å²) in [5.41, 5.74) is 2.25. The zero-order valence-electron chi connectivity index (χ0n) is 16.4. The Hall–Kier alpha value is -2.64. The third-order valence-corrected chi connectivity index (χ3v) is 5.35. The fourth-order valence-corrected chi connectivity index (χ4v) is 3.64. The molecular formula is C22H26FN3O3. The van der Waals surface area contributed by atoms with Crippen molar-refractivity contribution in [1.29, 1.82) is 0 Å². The molecule has 2 aromatic rings. The van der Waals surface area contributed by atoms with E-state index in [2.05, 4.69) is 16.3 Å². The van der Waals surface area contributed by atoms with E-state index in [0.29, 0.717) is 13.1 Å². The van der Waals surface area contributed by atoms with Gasteiger partial charge in [0.05, 0.1) is 6.54 Å². The van der Waals surface area contributed by atoms with Crippen LogP contribution in [0, 0.1) is 5.82 Å². The van der Waals surface area contributed by atoms with Crippen LogP contribution in [0.2, 0.25) is 0 Å². The summed E-state index contributed by atoms with van der Waals surface area (Å²) in [5, 5.41) is 3.20. The molecule has 0 unspecified atom stereocenters. The van der Waals surface area contributed by atoms with E-state index >= 15 is 0 Å². The van der Waals surface area contributed by atoms with E-state index in [1.807, 2.05) is 17.0 Å². The fourth-order valence-electron chi connectivity index (χ4n) is 3.64. The smallest absolute Gasteiger partial charge is 0.236 e. The Morgan fingerprint density at radius 2 is 1.69 bits per heavy atom. The second-order valence-corrected chi connectivity index (χ2v) is 7.40. The third kappa shape index (κ3) is 5.25. The number of nitrogens with one attached hydrogen (secondary N) is 1. The lowest BCUT2D eigenvalue weighted by Crippen LogP contribution is -2.50. The number of carbonyl (C=O) groups is 1. The van der Waals surface area contributed by atoms with Crippen LogP contribution in [0.5, 0.6) is 11.5 Å². The molecule has 0 saturated carbocycles. The van der Waals surface area contributed by atoms with Crippen molar-refractivity contribution in [1.82, 2.24) is 15.1 Å². The van der Waals surface area contributed by atoms with Gasteiger partial charge in [-0.05, 0) is 48.4 Å². The molecule has 0 bridgehead atoms. The highest BCUT2D eigenvalue weighted by atomic mass is 19.1. The Morgan fingerprint density at radius 3 is 2.48 bits per heavy atom. The average Bonchev–Trinajstić information content (AvgIpc) is 3.21. The van der Waals surface area contributed by atoms with Crippen LogP contribution in [0.15, 0.2) is 42.5 Å². The first-order valence-electron chi connectivity index (χ1n) is 10.0. The molecule has 29 heavy (non-hydrogen) atoms. The second-order valence-electron chi connectivity index (χ2n) is 7.40. The number of nitrogens with zero attached hydrogens (tertiary/aromatic N) is 2. The van der Waals surface area contributed by atoms with Crippen LogP contribution in [-0.4, -0.2) is 61.8 Å². The third-order valence-electron chi connectivity index (χ3n) is 5.35. The van der Waals surface area contributed by atoms with E-state index in [9.17, 15) is 9.18 Å². The molecule has 0 atom stereocenters. The van der Waals surface area contributed by atoms with Crippen molar-refractivity contribution >= 4 is 5.91 Å². The van der Waals surface area contributed by atoms with Crippen molar-refractivity contribution in [3.05, 3.63) is 59.4 Å². The van der Waals surface area contributed by atoms with Crippen molar-refractivity contribution < 1.29 is 18.7 Å². The Bertz CT molecular complexity index is 836. The fraction of sp³-hybridized carbons (Fsp3) is 0.409. The van der Waals surface area contributed by atoms with Gasteiger partial charge in [0.1, 0.15) is 5.82 Å². The van der Waals surface area contributed by atoms with Gasteiger partial charge in [-0.3, -0.25) is 9.69 Å². The molecule has 0 spiro atoms. The highest BCUT2D eigenvalue weighted by molar-refractivity contribution is 5.78. The van der Waals surface area contributed by atoms with E-state index in [0.717, 1.165) is 56.2 Å². The highest BCUT2D eigenvalue weighted by Crippen LogP contribution is 2.32. The number of hydrogen-bond acceptors (Lipinski definition) is 5. The van der Waals surface area contributed by atoms with Crippen LogP contribution in [-0.2, 0) is 17.8 Å². The lowest BCUT2D eigenvalue weighted by molar-refractivity contribution is -0.132. The van der Waals surface area contributed by atoms with Crippen molar-refractivity contribution in [2.24, 2.45) is 0 Å². The number of amides is 1. The van der Waals surface area contributed by atoms with Gasteiger partial charge < -0.3 is 19.7 Å². The number of rotatable bonds is 7. The number of piperazine rings is 1. The van der Waals surface area contributed by atoms with Crippen molar-refractivity contribution in [3.63, 3.8) is 0 Å². The van der Waals surface area contributed by atoms with Crippen LogP contribution in [0.25, 0.3) is 0 Å². The Morgan fingerprint density at radius 1 is 0.966 bits per heavy atom. The minimum atomic E-state index is -0.227. The summed E-state index contributed by atoms with van der Waals surface area (Å²) in [5.74, 6) is 1.51. The lowest BCUT2D eigenvalue weighted by atomic mass is 10.1. The molecule has 6 nitrogen and oxygen atoms in total. The molecule has 7 heteroatoms. The normalized spacial score (nSPS) is 16.2. The predicted octanol–water partition coefficient (Wildman–Crippen LogP) is 2.03. The van der Waals surface area contributed by atoms with E-state index in [1.54, 1.807) is 12.1 Å². The first kappa shape index (κ1) is 19.7. The van der Waals surface area contributed by atoms with Gasteiger partial charge in [-0.25, -0.2) is 4.39 Å². The summed E-state index contributed by atoms with van der Waals surface area (Å²) >= 11 is 0. The number of halogens is 1. The zero-order valence-corrected chi connectivity index (χ0v) is 16.4. The molecule has 4 rings (SSSR count). The Labute approximate surface area is 170 Å². The number of hydrogen-bond donors (Lipinski definition) is 1. The summed E-state index contributed by atoms with van der Waals surface area (Å²) in [6.07, 6.45) is 0.775. The van der Waals surface area contributed by atoms with Crippen molar-refractivity contribution in [2.45, 2.75) is 13.0 Å². The topological polar surface area (TPSA) is 54.0 Å². The summed E-state index contributed by atoms with van der Waals surface area (Å²) < 4.78 is 23.7. The van der Waals surface area contributed by atoms with Crippen molar-refractivity contribution in [2.75, 3.05) is 46.1 Å². The van der Waals surface area contributed by atoms with Crippen LogP contribution >= 0.6 is 0 Å². The molecule has 1 saturated heterocycles. The maximum atomic E-state index is 12.9. The molecule has 1 amide bonds. The van der Waals surface area contributed by atoms with Gasteiger partial charge in [0.15, 0.2) is 11.5 Å². The molecule has 1 fully saturated rings. The van der Waals surface area contributed by atoms with E-state index in [4.69, 9.17) is 9.47 Å². The number of fused-ring (bicyclic) bond motifs is 1. The van der Waals surface area contributed by atoms with E-state index in [1.165, 1.54) is 17.7 Å². The van der Waals surface area contributed by atoms with Gasteiger partial charge in [0.25, 0.3) is 0 Å². The number of ether oxygens (including phenoxy) is 2. The summed E-state index contributed by atoms with van der Waals surface area (Å²) in [6.45, 7) is 5.36. The molecule has 2 aliphatic heterocycles. The molecular weight excluding hydrogens is 373 g/mol. The lowest BCUT2D eigenvalue weighted by Gasteiger charge is -2.34. The Kier molecular flexibility index (Phi) is 6.27. The molecule has 154 valence electrons. The zero-order chi connectivity index (χ0) is 20.1. The van der Waals surface area contributed by atoms with Gasteiger partial charge in [0, 0.05) is 32.7 Å². The van der Waals surface area contributed by atoms with Crippen LogP contribution < -0.4 is 14.8 Å². The minimum absolute atomic E-state index is 0.131. The van der Waals surface area contributed by atoms with Crippen LogP contribution in [0.4, 0.5) is 4.39 Å². The quantitative estimate of drug-likeness (QED) is 0.722. The minimum Gasteiger partial charge on any atom is -0.454 e. The summed E-state index contributed by atoms with van der Waals surface area (Å²) in [7, 11) is 0. The monoisotopic (exact) mass is 399 g/mol. The molecule has 0 aliphatic carbocycles. The first-order chi connectivity index (χ1) is 14.2. The maximum Gasteiger partial charge on any atom is 0.236 e. The average molecular weight is 399 g/mol. The van der Waals surface area contributed by atoms with Crippen LogP contribution in [0.3, 0.4) is 0 Å². The highest BCUT2D eigenvalue weighted by Gasteiger charge is 2.21. The summed E-state index contributed by atoms with van der Waals surface area (Å²) in [4.78, 5) is 16.7. The predicted molar refractivity (Wildman–Crippen MR) is 107 cm³/mol. The number of benzene rings is 2. The van der Waals surface area contributed by atoms with Crippen molar-refractivity contribution in [3.8, 4) is 11.5 Å². The van der Waals surface area contributed by atoms with E-state index < -0.39 is 0 Å². The van der Waals surface area contributed by atoms with Gasteiger partial charge in [-0.1, -0.05) is 18.2 Å². The SMILES string of the molecule is O=C(CNCCc1ccc(F)cc1)N1CCN(Cc2ccc3c(c2)OCO3)CC1. The Balaban J connectivity index is 1.15. The summed E-state index contributed by atoms with van der Waals surface area (Å²) in [6, 6.07) is 12.5. The molecule has 1 N–H and O–H groups in total. The van der Waals surface area contributed by atoms with E-state index in [-0.39, 0.29) is 18.5 Å². The standard InChI is InChI=1S/C22H26FN3O3/c23-19-4-1-17(2-5-19)7-8-24-14-22(27)26-11-9-25(10-12-26)15-18-3-6-20-21(13-18)29-16-28-20/h1-6,13,24H,7-12,14-16H2.